The summed E-state index contributed by atoms with van der Waals surface area (Å²) in [5, 5.41) is 2.87. The molecule has 5 heteroatoms. The van der Waals surface area contributed by atoms with Crippen molar-refractivity contribution in [1.29, 1.82) is 0 Å². The minimum absolute atomic E-state index is 0.245. The number of amides is 1. The van der Waals surface area contributed by atoms with Crippen molar-refractivity contribution in [1.82, 2.24) is 9.97 Å². The highest BCUT2D eigenvalue weighted by Crippen LogP contribution is 2.15. The van der Waals surface area contributed by atoms with Crippen LogP contribution in [0.25, 0.3) is 0 Å². The highest BCUT2D eigenvalue weighted by atomic mass is 16.1. The predicted octanol–water partition coefficient (Wildman–Crippen LogP) is 3.58. The van der Waals surface area contributed by atoms with E-state index in [0.717, 1.165) is 42.0 Å². The number of anilines is 2. The zero-order chi connectivity index (χ0) is 16.8. The van der Waals surface area contributed by atoms with Crippen LogP contribution in [0.2, 0.25) is 0 Å². The van der Waals surface area contributed by atoms with E-state index in [0.29, 0.717) is 5.69 Å². The molecule has 1 aromatic carbocycles. The van der Waals surface area contributed by atoms with Crippen molar-refractivity contribution in [3.63, 3.8) is 0 Å². The lowest BCUT2D eigenvalue weighted by atomic mass is 10.1. The Morgan fingerprint density at radius 1 is 1.13 bits per heavy atom. The number of hydrogen-bond donors (Lipinski definition) is 1. The molecule has 1 N–H and O–H groups in total. The third-order valence-electron chi connectivity index (χ3n) is 3.59. The van der Waals surface area contributed by atoms with Gasteiger partial charge in [0.1, 0.15) is 11.5 Å². The van der Waals surface area contributed by atoms with E-state index in [-0.39, 0.29) is 5.91 Å². The molecule has 0 radical (unpaired) electrons. The van der Waals surface area contributed by atoms with Crippen LogP contribution in [0.5, 0.6) is 0 Å². The van der Waals surface area contributed by atoms with Gasteiger partial charge in [-0.25, -0.2) is 9.97 Å². The number of unbranched alkanes of at least 4 members (excludes halogenated alkanes) is 1. The Hall–Kier alpha value is -2.43. The van der Waals surface area contributed by atoms with Crippen LogP contribution in [-0.4, -0.2) is 29.5 Å². The molecule has 0 unspecified atom stereocenters. The fourth-order valence-corrected chi connectivity index (χ4v) is 2.39. The summed E-state index contributed by atoms with van der Waals surface area (Å²) in [7, 11) is 1.98. The molecule has 2 aromatic rings. The van der Waals surface area contributed by atoms with Crippen LogP contribution >= 0.6 is 0 Å². The van der Waals surface area contributed by atoms with Crippen molar-refractivity contribution in [3.8, 4) is 0 Å². The molecule has 5 nitrogen and oxygen atoms in total. The van der Waals surface area contributed by atoms with Crippen molar-refractivity contribution in [2.45, 2.75) is 33.6 Å². The van der Waals surface area contributed by atoms with Crippen LogP contribution in [0.4, 0.5) is 11.5 Å². The van der Waals surface area contributed by atoms with Gasteiger partial charge in [-0.1, -0.05) is 19.4 Å². The first kappa shape index (κ1) is 16.9. The van der Waals surface area contributed by atoms with E-state index in [1.807, 2.05) is 37.9 Å². The fraction of sp³-hybridized carbons (Fsp3) is 0.389. The summed E-state index contributed by atoms with van der Waals surface area (Å²) in [4.78, 5) is 22.9. The molecule has 1 heterocycles. The van der Waals surface area contributed by atoms with Gasteiger partial charge in [0, 0.05) is 19.3 Å². The van der Waals surface area contributed by atoms with Gasteiger partial charge in [-0.2, -0.15) is 0 Å². The second kappa shape index (κ2) is 7.72. The third kappa shape index (κ3) is 4.77. The Bertz CT molecular complexity index is 647. The normalized spacial score (nSPS) is 10.4. The Balaban J connectivity index is 2.05. The average molecular weight is 312 g/mol. The predicted molar refractivity (Wildman–Crippen MR) is 94.1 cm³/mol. The minimum Gasteiger partial charge on any atom is -0.358 e. The maximum absolute atomic E-state index is 12.3. The first-order valence-electron chi connectivity index (χ1n) is 7.92. The zero-order valence-corrected chi connectivity index (χ0v) is 14.3. The highest BCUT2D eigenvalue weighted by Gasteiger charge is 2.10. The molecule has 0 aliphatic heterocycles. The second-order valence-corrected chi connectivity index (χ2v) is 5.87. The van der Waals surface area contributed by atoms with Gasteiger partial charge in [0.05, 0.1) is 12.4 Å². The number of aryl methyl sites for hydroxylation is 2. The number of nitrogens with one attached hydrogen (secondary N) is 1. The monoisotopic (exact) mass is 312 g/mol. The first-order valence-corrected chi connectivity index (χ1v) is 7.92. The van der Waals surface area contributed by atoms with E-state index < -0.39 is 0 Å². The molecule has 0 bridgehead atoms. The SMILES string of the molecule is CCCCN(C)c1cnc(C(=O)Nc2cc(C)cc(C)c2)cn1. The van der Waals surface area contributed by atoms with Crippen LogP contribution < -0.4 is 10.2 Å². The van der Waals surface area contributed by atoms with Gasteiger partial charge in [0.25, 0.3) is 5.91 Å². The molecular weight excluding hydrogens is 288 g/mol. The number of nitrogens with zero attached hydrogens (tertiary/aromatic N) is 3. The fourth-order valence-electron chi connectivity index (χ4n) is 2.39. The lowest BCUT2D eigenvalue weighted by Crippen LogP contribution is -2.21. The Labute approximate surface area is 137 Å². The Kier molecular flexibility index (Phi) is 5.68. The standard InChI is InChI=1S/C18H24N4O/c1-5-6-7-22(4)17-12-19-16(11-20-17)18(23)21-15-9-13(2)8-14(3)10-15/h8-12H,5-7H2,1-4H3,(H,21,23). The van der Waals surface area contributed by atoms with Gasteiger partial charge < -0.3 is 10.2 Å². The van der Waals surface area contributed by atoms with Gasteiger partial charge in [0.15, 0.2) is 0 Å². The molecule has 2 rings (SSSR count). The van der Waals surface area contributed by atoms with E-state index in [2.05, 4.69) is 28.3 Å². The molecule has 0 aliphatic rings. The molecule has 0 fully saturated rings. The molecule has 0 aliphatic carbocycles. The molecule has 0 saturated carbocycles. The topological polar surface area (TPSA) is 58.1 Å². The number of rotatable bonds is 6. The molecular formula is C18H24N4O. The molecule has 0 spiro atoms. The van der Waals surface area contributed by atoms with Gasteiger partial charge >= 0.3 is 0 Å². The summed E-state index contributed by atoms with van der Waals surface area (Å²) in [5.74, 6) is 0.534. The van der Waals surface area contributed by atoms with Crippen LogP contribution in [0, 0.1) is 13.8 Å². The van der Waals surface area contributed by atoms with Crippen LogP contribution in [0.1, 0.15) is 41.4 Å². The van der Waals surface area contributed by atoms with Gasteiger partial charge in [0.2, 0.25) is 0 Å². The van der Waals surface area contributed by atoms with E-state index in [1.165, 1.54) is 6.20 Å². The van der Waals surface area contributed by atoms with E-state index in [4.69, 9.17) is 0 Å². The molecule has 0 saturated heterocycles. The van der Waals surface area contributed by atoms with Crippen LogP contribution in [-0.2, 0) is 0 Å². The molecule has 0 atom stereocenters. The largest absolute Gasteiger partial charge is 0.358 e. The number of hydrogen-bond acceptors (Lipinski definition) is 4. The minimum atomic E-state index is -0.245. The van der Waals surface area contributed by atoms with Crippen molar-refractivity contribution < 1.29 is 4.79 Å². The Morgan fingerprint density at radius 2 is 1.83 bits per heavy atom. The highest BCUT2D eigenvalue weighted by molar-refractivity contribution is 6.02. The number of aromatic nitrogens is 2. The third-order valence-corrected chi connectivity index (χ3v) is 3.59. The summed E-state index contributed by atoms with van der Waals surface area (Å²) >= 11 is 0. The lowest BCUT2D eigenvalue weighted by Gasteiger charge is -2.17. The van der Waals surface area contributed by atoms with Crippen molar-refractivity contribution >= 4 is 17.4 Å². The molecule has 1 amide bonds. The molecule has 122 valence electrons. The lowest BCUT2D eigenvalue weighted by molar-refractivity contribution is 0.102. The number of benzene rings is 1. The van der Waals surface area contributed by atoms with Gasteiger partial charge in [-0.15, -0.1) is 0 Å². The number of carbonyl (C=O) groups is 1. The molecule has 1 aromatic heterocycles. The van der Waals surface area contributed by atoms with Crippen LogP contribution in [0.3, 0.4) is 0 Å². The quantitative estimate of drug-likeness (QED) is 0.885. The van der Waals surface area contributed by atoms with Crippen molar-refractivity contribution in [2.75, 3.05) is 23.8 Å². The summed E-state index contributed by atoms with van der Waals surface area (Å²) in [6.07, 6.45) is 5.41. The summed E-state index contributed by atoms with van der Waals surface area (Å²) in [6.45, 7) is 7.09. The first-order chi connectivity index (χ1) is 11.0. The van der Waals surface area contributed by atoms with E-state index >= 15 is 0 Å². The maximum atomic E-state index is 12.3. The van der Waals surface area contributed by atoms with E-state index in [1.54, 1.807) is 6.20 Å². The van der Waals surface area contributed by atoms with Crippen molar-refractivity contribution in [2.24, 2.45) is 0 Å². The van der Waals surface area contributed by atoms with Crippen LogP contribution in [0.15, 0.2) is 30.6 Å². The number of carbonyl (C=O) groups excluding carboxylic acids is 1. The second-order valence-electron chi connectivity index (χ2n) is 5.87. The van der Waals surface area contributed by atoms with Crippen molar-refractivity contribution in [3.05, 3.63) is 47.4 Å². The average Bonchev–Trinajstić information content (AvgIpc) is 2.51. The summed E-state index contributed by atoms with van der Waals surface area (Å²) in [6, 6.07) is 5.94. The summed E-state index contributed by atoms with van der Waals surface area (Å²) < 4.78 is 0. The maximum Gasteiger partial charge on any atom is 0.275 e. The smallest absolute Gasteiger partial charge is 0.275 e. The molecule has 23 heavy (non-hydrogen) atoms. The van der Waals surface area contributed by atoms with Gasteiger partial charge in [-0.05, 0) is 43.5 Å². The van der Waals surface area contributed by atoms with Gasteiger partial charge in [-0.3, -0.25) is 4.79 Å². The Morgan fingerprint density at radius 3 is 2.39 bits per heavy atom. The van der Waals surface area contributed by atoms with E-state index in [9.17, 15) is 4.79 Å². The zero-order valence-electron chi connectivity index (χ0n) is 14.3. The summed E-state index contributed by atoms with van der Waals surface area (Å²) in [5.41, 5.74) is 3.31.